The summed E-state index contributed by atoms with van der Waals surface area (Å²) < 4.78 is 39.2. The van der Waals surface area contributed by atoms with Crippen LogP contribution in [0.1, 0.15) is 137 Å². The second kappa shape index (κ2) is 27.8. The van der Waals surface area contributed by atoms with E-state index in [0.717, 1.165) is 60.8 Å². The predicted octanol–water partition coefficient (Wildman–Crippen LogP) is 5.90. The Labute approximate surface area is 491 Å². The number of aliphatic hydroxyl groups excluding tert-OH is 2. The first-order valence-corrected chi connectivity index (χ1v) is 29.5. The number of aliphatic hydroxyl groups is 2. The van der Waals surface area contributed by atoms with Crippen LogP contribution in [0, 0.1) is 0 Å². The summed E-state index contributed by atoms with van der Waals surface area (Å²) in [7, 11) is 1.54. The molecular weight excluding hydrogens is 1080 g/mol. The van der Waals surface area contributed by atoms with Crippen LogP contribution >= 0.6 is 0 Å². The van der Waals surface area contributed by atoms with Gasteiger partial charge in [0.25, 0.3) is 23.6 Å². The number of carbonyl (C=O) groups is 5. The minimum absolute atomic E-state index is 0.0491. The lowest BCUT2D eigenvalue weighted by Crippen LogP contribution is -2.57. The molecule has 10 rings (SSSR count). The van der Waals surface area contributed by atoms with E-state index in [-0.39, 0.29) is 91.4 Å². The number of carbonyl (C=O) groups excluding carboxylic acids is 5. The zero-order chi connectivity index (χ0) is 59.7. The first kappa shape index (κ1) is 61.5. The number of piperidine rings is 2. The number of benzene rings is 4. The molecule has 0 radical (unpaired) electrons. The summed E-state index contributed by atoms with van der Waals surface area (Å²) in [6.07, 6.45) is 4.33. The Balaban J connectivity index is 0.000000207. The van der Waals surface area contributed by atoms with Crippen LogP contribution in [0.3, 0.4) is 0 Å². The fourth-order valence-corrected chi connectivity index (χ4v) is 12.2. The molecule has 4 fully saturated rings. The molecule has 0 aliphatic carbocycles. The third kappa shape index (κ3) is 14.7. The Hall–Kier alpha value is -7.01. The molecule has 84 heavy (non-hydrogen) atoms. The molecule has 0 spiro atoms. The Bertz CT molecular complexity index is 2940. The van der Waals surface area contributed by atoms with E-state index in [1.165, 1.54) is 12.0 Å². The van der Waals surface area contributed by atoms with Gasteiger partial charge in [0.1, 0.15) is 28.6 Å². The van der Waals surface area contributed by atoms with Crippen LogP contribution in [-0.2, 0) is 44.9 Å². The van der Waals surface area contributed by atoms with Crippen LogP contribution in [0.5, 0.6) is 23.0 Å². The molecule has 21 heteroatoms. The van der Waals surface area contributed by atoms with Crippen LogP contribution in [0.4, 0.5) is 4.79 Å². The Morgan fingerprint density at radius 3 is 1.70 bits per heavy atom. The molecule has 5 amide bonds. The number of phenols is 1. The van der Waals surface area contributed by atoms with Gasteiger partial charge < -0.3 is 74.2 Å². The second-order valence-electron chi connectivity index (χ2n) is 23.3. The van der Waals surface area contributed by atoms with Crippen molar-refractivity contribution >= 4 is 29.7 Å². The van der Waals surface area contributed by atoms with Crippen molar-refractivity contribution in [2.45, 2.75) is 153 Å². The molecule has 6 aliphatic heterocycles. The molecule has 4 bridgehead atoms. The number of aromatic hydroxyl groups is 1. The first-order valence-electron chi connectivity index (χ1n) is 29.5. The third-order valence-electron chi connectivity index (χ3n) is 16.3. The third-order valence-corrected chi connectivity index (χ3v) is 16.3. The molecule has 21 nitrogen and oxygen atoms in total. The maximum absolute atomic E-state index is 13.6. The number of phenolic OH excluding ortho intramolecular Hbond substituents is 1. The molecule has 8 atom stereocenters. The van der Waals surface area contributed by atoms with E-state index < -0.39 is 35.9 Å². The summed E-state index contributed by atoms with van der Waals surface area (Å²) in [5, 5.41) is 40.7. The number of nitrogens with zero attached hydrogens (tertiary/aromatic N) is 3. The highest BCUT2D eigenvalue weighted by Gasteiger charge is 2.41. The maximum atomic E-state index is 13.6. The van der Waals surface area contributed by atoms with Crippen molar-refractivity contribution in [1.82, 2.24) is 30.7 Å². The topological polar surface area (TPSA) is 256 Å². The molecule has 6 heterocycles. The molecule has 4 aromatic rings. The number of fused-ring (bicyclic) bond motifs is 6. The number of ether oxygens (including phenoxy) is 7. The molecule has 6 N–H and O–H groups in total. The number of amides is 5. The minimum atomic E-state index is -1.11. The number of hydrogen-bond acceptors (Lipinski definition) is 16. The standard InChI is InChI=1S/C35H47N3O9.C28H35N3O6/c1-6-45-31-16-23(33(41)38-25-8-7-9-26(38)20-44-19-25)11-13-28(31)32(40)36-17-30(39)29-15-22-10-12-27(46-21-43-5)14-24(22)18-37(29)34(42)47-35(2,3)4;1-2-37-26-12-18(28(35)31-20-4-3-5-21(31)16-36-15-20)7-9-23(26)27(34)30-14-25(33)24-11-17-6-8-22(32)10-19(17)13-29-24/h10-14,16,25-26,29-30,39H,6-9,15,17-21H2,1-5H3,(H,36,40);6-10,12,20-21,24-25,29,32-33H,2-5,11,13-16H2,1H3,(H,30,34)/t25?,26?,29-,30+;20-,21+,24-,25+/m00/s1. The van der Waals surface area contributed by atoms with Gasteiger partial charge in [0.15, 0.2) is 6.79 Å². The van der Waals surface area contributed by atoms with E-state index in [2.05, 4.69) is 16.0 Å². The normalized spacial score (nSPS) is 22.4. The average molecular weight is 1160 g/mol. The van der Waals surface area contributed by atoms with Crippen LogP contribution in [0.15, 0.2) is 72.8 Å². The van der Waals surface area contributed by atoms with Crippen molar-refractivity contribution in [2.75, 3.05) is 66.6 Å². The molecule has 454 valence electrons. The number of rotatable bonds is 17. The van der Waals surface area contributed by atoms with Gasteiger partial charge in [-0.1, -0.05) is 12.1 Å². The van der Waals surface area contributed by atoms with Gasteiger partial charge in [-0.3, -0.25) is 24.1 Å². The molecule has 0 saturated carbocycles. The highest BCUT2D eigenvalue weighted by atomic mass is 16.7. The average Bonchev–Trinajstić information content (AvgIpc) is 3.68. The van der Waals surface area contributed by atoms with Crippen molar-refractivity contribution in [3.8, 4) is 23.0 Å². The summed E-state index contributed by atoms with van der Waals surface area (Å²) in [6.45, 7) is 12.6. The van der Waals surface area contributed by atoms with E-state index >= 15 is 0 Å². The fourth-order valence-electron chi connectivity index (χ4n) is 12.2. The number of morpholine rings is 2. The smallest absolute Gasteiger partial charge is 0.410 e. The van der Waals surface area contributed by atoms with E-state index in [9.17, 15) is 39.3 Å². The summed E-state index contributed by atoms with van der Waals surface area (Å²) in [4.78, 5) is 72.2. The lowest BCUT2D eigenvalue weighted by Gasteiger charge is -2.45. The Morgan fingerprint density at radius 1 is 0.655 bits per heavy atom. The van der Waals surface area contributed by atoms with Gasteiger partial charge in [-0.15, -0.1) is 0 Å². The van der Waals surface area contributed by atoms with Gasteiger partial charge in [-0.05, 0) is 169 Å². The van der Waals surface area contributed by atoms with Crippen LogP contribution in [0.25, 0.3) is 0 Å². The molecule has 0 aromatic heterocycles. The summed E-state index contributed by atoms with van der Waals surface area (Å²) in [5.74, 6) is 0.479. The number of nitrogens with one attached hydrogen (secondary N) is 3. The second-order valence-corrected chi connectivity index (χ2v) is 23.3. The van der Waals surface area contributed by atoms with Crippen LogP contribution in [0.2, 0.25) is 0 Å². The summed E-state index contributed by atoms with van der Waals surface area (Å²) in [5.41, 5.74) is 4.67. The molecule has 2 unspecified atom stereocenters. The van der Waals surface area contributed by atoms with Gasteiger partial charge >= 0.3 is 6.09 Å². The highest BCUT2D eigenvalue weighted by Crippen LogP contribution is 2.34. The van der Waals surface area contributed by atoms with Gasteiger partial charge in [-0.2, -0.15) is 0 Å². The lowest BCUT2D eigenvalue weighted by molar-refractivity contribution is -0.0566. The predicted molar refractivity (Wildman–Crippen MR) is 309 cm³/mol. The van der Waals surface area contributed by atoms with Crippen molar-refractivity contribution in [2.24, 2.45) is 0 Å². The van der Waals surface area contributed by atoms with Crippen LogP contribution in [-0.4, -0.2) is 180 Å². The SMILES string of the molecule is CCOc1cc(C(=O)N2C3CCCC2COC3)ccc1C(=O)NC[C@@H](O)[C@@H]1Cc2ccc(OCOC)cc2CN1C(=O)OC(C)(C)C.CCOc1cc(C(=O)N2[C@@H]3CCC[C@H]2COC3)ccc1C(=O)NC[C@@H](O)[C@@H]1Cc2ccc(O)cc2CN1. The maximum Gasteiger partial charge on any atom is 0.410 e. The van der Waals surface area contributed by atoms with E-state index in [1.54, 1.807) is 69.3 Å². The monoisotopic (exact) mass is 1160 g/mol. The van der Waals surface area contributed by atoms with E-state index in [1.807, 2.05) is 47.9 Å². The fraction of sp³-hybridized carbons (Fsp3) is 0.540. The van der Waals surface area contributed by atoms with Crippen LogP contribution < -0.4 is 30.2 Å². The molecule has 4 aromatic carbocycles. The highest BCUT2D eigenvalue weighted by molar-refractivity contribution is 6.01. The van der Waals surface area contributed by atoms with Gasteiger partial charge in [0, 0.05) is 50.5 Å². The first-order chi connectivity index (χ1) is 40.4. The van der Waals surface area contributed by atoms with Crippen molar-refractivity contribution in [3.05, 3.63) is 117 Å². The number of hydrogen-bond donors (Lipinski definition) is 6. The largest absolute Gasteiger partial charge is 0.508 e. The number of methoxy groups -OCH3 is 1. The lowest BCUT2D eigenvalue weighted by atomic mass is 9.91. The zero-order valence-corrected chi connectivity index (χ0v) is 49.1. The molecule has 4 saturated heterocycles. The Kier molecular flexibility index (Phi) is 20.4. The van der Waals surface area contributed by atoms with Crippen molar-refractivity contribution in [1.29, 1.82) is 0 Å². The van der Waals surface area contributed by atoms with Crippen molar-refractivity contribution < 1.29 is 72.5 Å². The summed E-state index contributed by atoms with van der Waals surface area (Å²) in [6, 6.07) is 20.0. The summed E-state index contributed by atoms with van der Waals surface area (Å²) >= 11 is 0. The Morgan fingerprint density at radius 2 is 1.18 bits per heavy atom. The quantitative estimate of drug-likeness (QED) is 0.0673. The molecular formula is C63H82N6O15. The van der Waals surface area contributed by atoms with Crippen molar-refractivity contribution in [3.63, 3.8) is 0 Å². The van der Waals surface area contributed by atoms with Gasteiger partial charge in [0.05, 0.1) is 93.2 Å². The van der Waals surface area contributed by atoms with E-state index in [4.69, 9.17) is 33.2 Å². The van der Waals surface area contributed by atoms with Gasteiger partial charge in [-0.25, -0.2) is 4.79 Å². The van der Waals surface area contributed by atoms with Gasteiger partial charge in [0.2, 0.25) is 0 Å². The molecule has 6 aliphatic rings. The minimum Gasteiger partial charge on any atom is -0.508 e. The van der Waals surface area contributed by atoms with E-state index in [0.29, 0.717) is 87.2 Å². The zero-order valence-electron chi connectivity index (χ0n) is 49.1.